The van der Waals surface area contributed by atoms with E-state index in [9.17, 15) is 0 Å². The van der Waals surface area contributed by atoms with Gasteiger partial charge in [0.15, 0.2) is 0 Å². The number of allylic oxidation sites excluding steroid dienone is 1. The van der Waals surface area contributed by atoms with Gasteiger partial charge in [0.1, 0.15) is 17.8 Å². The molecule has 2 aromatic heterocycles. The molecule has 0 aliphatic heterocycles. The van der Waals surface area contributed by atoms with Gasteiger partial charge in [-0.05, 0) is 19.1 Å². The molecule has 2 heterocycles. The largest absolute Gasteiger partial charge is 0.392 e. The van der Waals surface area contributed by atoms with Crippen LogP contribution in [0.2, 0.25) is 0 Å². The number of rotatable bonds is 2. The van der Waals surface area contributed by atoms with Crippen LogP contribution in [-0.2, 0) is 0 Å². The van der Waals surface area contributed by atoms with Crippen molar-refractivity contribution in [2.75, 3.05) is 12.3 Å². The van der Waals surface area contributed by atoms with Crippen LogP contribution in [0.1, 0.15) is 6.92 Å². The predicted octanol–water partition coefficient (Wildman–Crippen LogP) is 0.867. The lowest BCUT2D eigenvalue weighted by Gasteiger charge is -2.04. The molecule has 0 bridgehead atoms. The third kappa shape index (κ3) is 1.57. The molecule has 2 rings (SSSR count). The van der Waals surface area contributed by atoms with Gasteiger partial charge in [-0.1, -0.05) is 0 Å². The molecule has 78 valence electrons. The second kappa shape index (κ2) is 3.70. The SMILES string of the molecule is CC(=CCO)n1ccc2c(N)ncnc21. The zero-order valence-corrected chi connectivity index (χ0v) is 8.38. The van der Waals surface area contributed by atoms with Crippen LogP contribution in [0.3, 0.4) is 0 Å². The van der Waals surface area contributed by atoms with Gasteiger partial charge >= 0.3 is 0 Å². The van der Waals surface area contributed by atoms with E-state index in [2.05, 4.69) is 9.97 Å². The fourth-order valence-electron chi connectivity index (χ4n) is 1.49. The molecule has 0 atom stereocenters. The van der Waals surface area contributed by atoms with Gasteiger partial charge in [-0.3, -0.25) is 0 Å². The molecule has 0 fully saturated rings. The Morgan fingerprint density at radius 1 is 1.60 bits per heavy atom. The highest BCUT2D eigenvalue weighted by Crippen LogP contribution is 2.20. The molecule has 0 aliphatic rings. The van der Waals surface area contributed by atoms with E-state index in [1.165, 1.54) is 6.33 Å². The van der Waals surface area contributed by atoms with Crippen molar-refractivity contribution in [1.82, 2.24) is 14.5 Å². The van der Waals surface area contributed by atoms with Crippen molar-refractivity contribution >= 4 is 22.5 Å². The number of nitrogen functional groups attached to an aromatic ring is 1. The van der Waals surface area contributed by atoms with E-state index in [0.29, 0.717) is 5.82 Å². The lowest BCUT2D eigenvalue weighted by atomic mass is 10.4. The quantitative estimate of drug-likeness (QED) is 0.760. The summed E-state index contributed by atoms with van der Waals surface area (Å²) in [7, 11) is 0. The Morgan fingerprint density at radius 2 is 2.40 bits per heavy atom. The Balaban J connectivity index is 2.64. The van der Waals surface area contributed by atoms with Crippen LogP contribution in [0.5, 0.6) is 0 Å². The zero-order chi connectivity index (χ0) is 10.8. The van der Waals surface area contributed by atoms with Crippen LogP contribution in [-0.4, -0.2) is 26.2 Å². The summed E-state index contributed by atoms with van der Waals surface area (Å²) >= 11 is 0. The summed E-state index contributed by atoms with van der Waals surface area (Å²) in [4.78, 5) is 8.07. The molecule has 0 saturated heterocycles. The first-order valence-electron chi connectivity index (χ1n) is 4.59. The van der Waals surface area contributed by atoms with Crippen LogP contribution in [0.4, 0.5) is 5.82 Å². The van der Waals surface area contributed by atoms with E-state index >= 15 is 0 Å². The van der Waals surface area contributed by atoms with Crippen LogP contribution >= 0.6 is 0 Å². The van der Waals surface area contributed by atoms with Gasteiger partial charge in [-0.2, -0.15) is 0 Å². The minimum Gasteiger partial charge on any atom is -0.392 e. The van der Waals surface area contributed by atoms with Crippen molar-refractivity contribution in [2.45, 2.75) is 6.92 Å². The van der Waals surface area contributed by atoms with Gasteiger partial charge in [-0.25, -0.2) is 9.97 Å². The summed E-state index contributed by atoms with van der Waals surface area (Å²) in [6.07, 6.45) is 5.00. The van der Waals surface area contributed by atoms with Crippen LogP contribution in [0, 0.1) is 0 Å². The fraction of sp³-hybridized carbons (Fsp3) is 0.200. The van der Waals surface area contributed by atoms with E-state index in [0.717, 1.165) is 16.7 Å². The minimum absolute atomic E-state index is 0.00602. The number of hydrogen-bond donors (Lipinski definition) is 2. The monoisotopic (exact) mass is 204 g/mol. The Kier molecular flexibility index (Phi) is 2.39. The molecular formula is C10H12N4O. The molecular weight excluding hydrogens is 192 g/mol. The molecule has 5 nitrogen and oxygen atoms in total. The number of aliphatic hydroxyl groups is 1. The normalized spacial score (nSPS) is 12.3. The van der Waals surface area contributed by atoms with Crippen LogP contribution < -0.4 is 5.73 Å². The summed E-state index contributed by atoms with van der Waals surface area (Å²) in [5.41, 5.74) is 7.37. The maximum atomic E-state index is 8.81. The second-order valence-electron chi connectivity index (χ2n) is 3.21. The number of hydrogen-bond acceptors (Lipinski definition) is 4. The Hall–Kier alpha value is -1.88. The van der Waals surface area contributed by atoms with E-state index in [4.69, 9.17) is 10.8 Å². The number of anilines is 1. The highest BCUT2D eigenvalue weighted by Gasteiger charge is 2.06. The third-order valence-corrected chi connectivity index (χ3v) is 2.28. The minimum atomic E-state index is 0.00602. The average molecular weight is 204 g/mol. The zero-order valence-electron chi connectivity index (χ0n) is 8.38. The number of aliphatic hydroxyl groups excluding tert-OH is 1. The molecule has 0 unspecified atom stereocenters. The molecule has 0 radical (unpaired) electrons. The smallest absolute Gasteiger partial charge is 0.149 e. The van der Waals surface area contributed by atoms with Crippen LogP contribution in [0.15, 0.2) is 24.7 Å². The van der Waals surface area contributed by atoms with E-state index in [1.807, 2.05) is 23.8 Å². The van der Waals surface area contributed by atoms with Crippen molar-refractivity contribution in [3.8, 4) is 0 Å². The van der Waals surface area contributed by atoms with Gasteiger partial charge in [0, 0.05) is 11.9 Å². The highest BCUT2D eigenvalue weighted by atomic mass is 16.2. The molecule has 0 amide bonds. The molecule has 2 aromatic rings. The first-order valence-corrected chi connectivity index (χ1v) is 4.59. The lowest BCUT2D eigenvalue weighted by Crippen LogP contribution is -1.97. The molecule has 15 heavy (non-hydrogen) atoms. The van der Waals surface area contributed by atoms with Crippen molar-refractivity contribution < 1.29 is 5.11 Å². The maximum Gasteiger partial charge on any atom is 0.149 e. The van der Waals surface area contributed by atoms with Crippen molar-refractivity contribution in [3.05, 3.63) is 24.7 Å². The van der Waals surface area contributed by atoms with Crippen LogP contribution in [0.25, 0.3) is 16.7 Å². The summed E-state index contributed by atoms with van der Waals surface area (Å²) in [5.74, 6) is 0.468. The van der Waals surface area contributed by atoms with E-state index in [1.54, 1.807) is 6.08 Å². The first kappa shape index (κ1) is 9.67. The molecule has 0 aromatic carbocycles. The average Bonchev–Trinajstić information content (AvgIpc) is 2.63. The van der Waals surface area contributed by atoms with Gasteiger partial charge in [0.05, 0.1) is 12.0 Å². The summed E-state index contributed by atoms with van der Waals surface area (Å²) in [5, 5.41) is 9.64. The molecule has 5 heteroatoms. The lowest BCUT2D eigenvalue weighted by molar-refractivity contribution is 0.342. The van der Waals surface area contributed by atoms with Gasteiger partial charge < -0.3 is 15.4 Å². The molecule has 0 saturated carbocycles. The summed E-state index contributed by atoms with van der Waals surface area (Å²) < 4.78 is 1.86. The standard InChI is InChI=1S/C10H12N4O/c1-7(3-5-15)14-4-2-8-9(11)12-6-13-10(8)14/h2-4,6,15H,5H2,1H3,(H2,11,12,13). The Bertz CT molecular complexity index is 515. The van der Waals surface area contributed by atoms with Gasteiger partial charge in [0.2, 0.25) is 0 Å². The topological polar surface area (TPSA) is 77.0 Å². The fourth-order valence-corrected chi connectivity index (χ4v) is 1.49. The van der Waals surface area contributed by atoms with E-state index < -0.39 is 0 Å². The summed E-state index contributed by atoms with van der Waals surface area (Å²) in [6.45, 7) is 1.90. The predicted molar refractivity (Wildman–Crippen MR) is 59.0 cm³/mol. The third-order valence-electron chi connectivity index (χ3n) is 2.28. The van der Waals surface area contributed by atoms with Crippen molar-refractivity contribution in [3.63, 3.8) is 0 Å². The Labute approximate surface area is 86.9 Å². The second-order valence-corrected chi connectivity index (χ2v) is 3.21. The first-order chi connectivity index (χ1) is 7.24. The molecule has 0 aliphatic carbocycles. The van der Waals surface area contributed by atoms with E-state index in [-0.39, 0.29) is 6.61 Å². The van der Waals surface area contributed by atoms with Crippen molar-refractivity contribution in [1.29, 1.82) is 0 Å². The van der Waals surface area contributed by atoms with Gasteiger partial charge in [-0.15, -0.1) is 0 Å². The number of nitrogens with zero attached hydrogens (tertiary/aromatic N) is 3. The molecule has 3 N–H and O–H groups in total. The molecule has 0 spiro atoms. The maximum absolute atomic E-state index is 8.81. The number of nitrogens with two attached hydrogens (primary N) is 1. The Morgan fingerprint density at radius 3 is 3.13 bits per heavy atom. The van der Waals surface area contributed by atoms with Gasteiger partial charge in [0.25, 0.3) is 0 Å². The summed E-state index contributed by atoms with van der Waals surface area (Å²) in [6, 6.07) is 1.86. The number of fused-ring (bicyclic) bond motifs is 1. The highest BCUT2D eigenvalue weighted by molar-refractivity contribution is 5.88. The van der Waals surface area contributed by atoms with Crippen molar-refractivity contribution in [2.24, 2.45) is 0 Å². The number of aromatic nitrogens is 3.